The van der Waals surface area contributed by atoms with Crippen molar-refractivity contribution >= 4 is 5.78 Å². The van der Waals surface area contributed by atoms with Gasteiger partial charge in [-0.1, -0.05) is 50.5 Å². The number of benzene rings is 1. The second-order valence-electron chi connectivity index (χ2n) is 5.68. The number of Topliss-reactive ketones (excluding diaryl/α,β-unsaturated/α-hetero) is 1. The third-order valence-corrected chi connectivity index (χ3v) is 4.28. The van der Waals surface area contributed by atoms with Gasteiger partial charge in [0, 0.05) is 11.6 Å². The van der Waals surface area contributed by atoms with E-state index in [-0.39, 0.29) is 5.78 Å². The van der Waals surface area contributed by atoms with Crippen LogP contribution in [0.3, 0.4) is 0 Å². The zero-order valence-electron chi connectivity index (χ0n) is 12.2. The molecule has 2 rings (SSSR count). The molecule has 0 saturated heterocycles. The van der Waals surface area contributed by atoms with Crippen molar-refractivity contribution in [2.75, 3.05) is 13.6 Å². The normalized spacial score (nSPS) is 16.8. The van der Waals surface area contributed by atoms with E-state index in [0.29, 0.717) is 12.6 Å². The summed E-state index contributed by atoms with van der Waals surface area (Å²) in [5.74, 6) is 0.246. The van der Waals surface area contributed by atoms with Crippen LogP contribution in [0.4, 0.5) is 0 Å². The molecule has 0 N–H and O–H groups in total. The van der Waals surface area contributed by atoms with Crippen molar-refractivity contribution in [1.29, 1.82) is 0 Å². The first-order valence-electron chi connectivity index (χ1n) is 7.53. The van der Waals surface area contributed by atoms with E-state index in [1.165, 1.54) is 37.7 Å². The molecule has 0 heterocycles. The zero-order chi connectivity index (χ0) is 13.7. The second-order valence-corrected chi connectivity index (χ2v) is 5.68. The Balaban J connectivity index is 1.91. The quantitative estimate of drug-likeness (QED) is 0.752. The minimum atomic E-state index is 0.246. The van der Waals surface area contributed by atoms with Crippen LogP contribution in [0.2, 0.25) is 0 Å². The molecule has 1 saturated carbocycles. The fraction of sp³-hybridized carbons (Fsp3) is 0.588. The summed E-state index contributed by atoms with van der Waals surface area (Å²) in [5.41, 5.74) is 2.14. The Bertz CT molecular complexity index is 404. The minimum Gasteiger partial charge on any atom is -0.296 e. The summed E-state index contributed by atoms with van der Waals surface area (Å²) >= 11 is 0. The maximum absolute atomic E-state index is 12.3. The molecule has 1 aliphatic carbocycles. The summed E-state index contributed by atoms with van der Waals surface area (Å²) in [6.07, 6.45) is 7.51. The predicted molar refractivity (Wildman–Crippen MR) is 79.7 cm³/mol. The van der Waals surface area contributed by atoms with Crippen LogP contribution < -0.4 is 0 Å². The van der Waals surface area contributed by atoms with Crippen LogP contribution in [0.25, 0.3) is 0 Å². The monoisotopic (exact) mass is 259 g/mol. The predicted octanol–water partition coefficient (Wildman–Crippen LogP) is 3.70. The van der Waals surface area contributed by atoms with Crippen LogP contribution in [-0.2, 0) is 6.42 Å². The Morgan fingerprint density at radius 2 is 1.79 bits per heavy atom. The van der Waals surface area contributed by atoms with Gasteiger partial charge in [0.05, 0.1) is 6.54 Å². The standard InChI is InChI=1S/C17H25NO/c1-3-14-9-11-15(12-10-14)17(19)13-18(2)16-7-5-4-6-8-16/h9-12,16H,3-8,13H2,1-2H3. The molecule has 0 bridgehead atoms. The topological polar surface area (TPSA) is 20.3 Å². The molecule has 0 spiro atoms. The van der Waals surface area contributed by atoms with E-state index < -0.39 is 0 Å². The van der Waals surface area contributed by atoms with Crippen molar-refractivity contribution in [3.05, 3.63) is 35.4 Å². The van der Waals surface area contributed by atoms with Crippen LogP contribution in [-0.4, -0.2) is 30.3 Å². The molecule has 0 aliphatic heterocycles. The van der Waals surface area contributed by atoms with E-state index in [2.05, 4.69) is 31.0 Å². The fourth-order valence-corrected chi connectivity index (χ4v) is 2.90. The number of rotatable bonds is 5. The van der Waals surface area contributed by atoms with E-state index in [4.69, 9.17) is 0 Å². The maximum atomic E-state index is 12.3. The average Bonchev–Trinajstić information content (AvgIpc) is 2.48. The smallest absolute Gasteiger partial charge is 0.176 e. The van der Waals surface area contributed by atoms with E-state index >= 15 is 0 Å². The first kappa shape index (κ1) is 14.3. The third-order valence-electron chi connectivity index (χ3n) is 4.28. The molecule has 1 fully saturated rings. The Morgan fingerprint density at radius 1 is 1.16 bits per heavy atom. The highest BCUT2D eigenvalue weighted by Gasteiger charge is 2.20. The van der Waals surface area contributed by atoms with Gasteiger partial charge < -0.3 is 0 Å². The first-order chi connectivity index (χ1) is 9.20. The SMILES string of the molecule is CCc1ccc(C(=O)CN(C)C2CCCCC2)cc1. The van der Waals surface area contributed by atoms with Gasteiger partial charge in [0.2, 0.25) is 0 Å². The summed E-state index contributed by atoms with van der Waals surface area (Å²) in [7, 11) is 2.09. The van der Waals surface area contributed by atoms with Crippen molar-refractivity contribution in [2.45, 2.75) is 51.5 Å². The Hall–Kier alpha value is -1.15. The molecular weight excluding hydrogens is 234 g/mol. The fourth-order valence-electron chi connectivity index (χ4n) is 2.90. The van der Waals surface area contributed by atoms with Gasteiger partial charge in [0.1, 0.15) is 0 Å². The molecule has 0 unspecified atom stereocenters. The molecule has 0 radical (unpaired) electrons. The van der Waals surface area contributed by atoms with Gasteiger partial charge in [-0.3, -0.25) is 9.69 Å². The number of nitrogens with zero attached hydrogens (tertiary/aromatic N) is 1. The van der Waals surface area contributed by atoms with E-state index in [0.717, 1.165) is 12.0 Å². The number of aryl methyl sites for hydroxylation is 1. The second kappa shape index (κ2) is 6.85. The number of carbonyl (C=O) groups is 1. The van der Waals surface area contributed by atoms with Gasteiger partial charge in [-0.2, -0.15) is 0 Å². The number of likely N-dealkylation sites (N-methyl/N-ethyl adjacent to an activating group) is 1. The number of hydrogen-bond donors (Lipinski definition) is 0. The lowest BCUT2D eigenvalue weighted by molar-refractivity contribution is 0.0899. The lowest BCUT2D eigenvalue weighted by Gasteiger charge is -2.30. The van der Waals surface area contributed by atoms with Crippen molar-refractivity contribution in [3.63, 3.8) is 0 Å². The molecule has 19 heavy (non-hydrogen) atoms. The molecule has 2 nitrogen and oxygen atoms in total. The lowest BCUT2D eigenvalue weighted by Crippen LogP contribution is -2.37. The average molecular weight is 259 g/mol. The molecule has 0 amide bonds. The number of hydrogen-bond acceptors (Lipinski definition) is 2. The van der Waals surface area contributed by atoms with Crippen LogP contribution in [0.1, 0.15) is 54.9 Å². The largest absolute Gasteiger partial charge is 0.296 e. The third kappa shape index (κ3) is 3.90. The van der Waals surface area contributed by atoms with Gasteiger partial charge in [-0.25, -0.2) is 0 Å². The molecular formula is C17H25NO. The van der Waals surface area contributed by atoms with Crippen LogP contribution in [0, 0.1) is 0 Å². The van der Waals surface area contributed by atoms with Gasteiger partial charge in [-0.05, 0) is 31.9 Å². The van der Waals surface area contributed by atoms with Crippen molar-refractivity contribution in [1.82, 2.24) is 4.90 Å². The Labute approximate surface area is 116 Å². The lowest BCUT2D eigenvalue weighted by atomic mass is 9.94. The Morgan fingerprint density at radius 3 is 2.37 bits per heavy atom. The van der Waals surface area contributed by atoms with Gasteiger partial charge in [-0.15, -0.1) is 0 Å². The van der Waals surface area contributed by atoms with Gasteiger partial charge in [0.15, 0.2) is 5.78 Å². The zero-order valence-corrected chi connectivity index (χ0v) is 12.2. The molecule has 0 atom stereocenters. The summed E-state index contributed by atoms with van der Waals surface area (Å²) in [6, 6.07) is 8.67. The molecule has 104 valence electrons. The highest BCUT2D eigenvalue weighted by Crippen LogP contribution is 2.21. The van der Waals surface area contributed by atoms with Crippen molar-refractivity contribution in [3.8, 4) is 0 Å². The molecule has 2 heteroatoms. The van der Waals surface area contributed by atoms with E-state index in [1.54, 1.807) is 0 Å². The maximum Gasteiger partial charge on any atom is 0.176 e. The molecule has 0 aromatic heterocycles. The minimum absolute atomic E-state index is 0.246. The molecule has 1 aliphatic rings. The van der Waals surface area contributed by atoms with Gasteiger partial charge in [0.25, 0.3) is 0 Å². The summed E-state index contributed by atoms with van der Waals surface area (Å²) in [5, 5.41) is 0. The molecule has 1 aromatic carbocycles. The summed E-state index contributed by atoms with van der Waals surface area (Å²) < 4.78 is 0. The number of carbonyl (C=O) groups excluding carboxylic acids is 1. The highest BCUT2D eigenvalue weighted by molar-refractivity contribution is 5.97. The summed E-state index contributed by atoms with van der Waals surface area (Å²) in [6.45, 7) is 2.68. The van der Waals surface area contributed by atoms with E-state index in [1.807, 2.05) is 12.1 Å². The summed E-state index contributed by atoms with van der Waals surface area (Å²) in [4.78, 5) is 14.5. The highest BCUT2D eigenvalue weighted by atomic mass is 16.1. The van der Waals surface area contributed by atoms with Crippen LogP contribution >= 0.6 is 0 Å². The van der Waals surface area contributed by atoms with Crippen molar-refractivity contribution < 1.29 is 4.79 Å². The van der Waals surface area contributed by atoms with Crippen LogP contribution in [0.15, 0.2) is 24.3 Å². The van der Waals surface area contributed by atoms with E-state index in [9.17, 15) is 4.79 Å². The van der Waals surface area contributed by atoms with Crippen LogP contribution in [0.5, 0.6) is 0 Å². The Kier molecular flexibility index (Phi) is 5.15. The number of ketones is 1. The first-order valence-corrected chi connectivity index (χ1v) is 7.53. The van der Waals surface area contributed by atoms with Crippen molar-refractivity contribution in [2.24, 2.45) is 0 Å². The van der Waals surface area contributed by atoms with Gasteiger partial charge >= 0.3 is 0 Å². The molecule has 1 aromatic rings.